The maximum absolute atomic E-state index is 12.9. The molecule has 3 aromatic carbocycles. The molecule has 1 amide bonds. The zero-order valence-electron chi connectivity index (χ0n) is 14.8. The van der Waals surface area contributed by atoms with Crippen molar-refractivity contribution >= 4 is 11.6 Å². The number of halogens is 1. The van der Waals surface area contributed by atoms with Gasteiger partial charge in [-0.2, -0.15) is 0 Å². The van der Waals surface area contributed by atoms with E-state index in [-0.39, 0.29) is 11.7 Å². The molecule has 0 heterocycles. The summed E-state index contributed by atoms with van der Waals surface area (Å²) in [7, 11) is 0. The number of rotatable bonds is 8. The van der Waals surface area contributed by atoms with E-state index in [0.29, 0.717) is 36.7 Å². The van der Waals surface area contributed by atoms with E-state index in [1.165, 1.54) is 12.1 Å². The molecule has 27 heavy (non-hydrogen) atoms. The summed E-state index contributed by atoms with van der Waals surface area (Å²) in [5, 5.41) is 6.06. The fourth-order valence-electron chi connectivity index (χ4n) is 2.52. The fourth-order valence-corrected chi connectivity index (χ4v) is 2.52. The van der Waals surface area contributed by atoms with Crippen molar-refractivity contribution in [1.29, 1.82) is 0 Å². The van der Waals surface area contributed by atoms with Crippen molar-refractivity contribution in [3.63, 3.8) is 0 Å². The number of ether oxygens (including phenoxy) is 1. The minimum absolute atomic E-state index is 0.106. The number of carbonyl (C=O) groups is 1. The van der Waals surface area contributed by atoms with E-state index in [4.69, 9.17) is 4.74 Å². The highest BCUT2D eigenvalue weighted by atomic mass is 19.1. The molecule has 0 atom stereocenters. The first-order valence-corrected chi connectivity index (χ1v) is 8.77. The van der Waals surface area contributed by atoms with Gasteiger partial charge in [0.1, 0.15) is 11.6 Å². The van der Waals surface area contributed by atoms with Gasteiger partial charge in [0.05, 0.1) is 5.69 Å². The van der Waals surface area contributed by atoms with Crippen LogP contribution in [0.25, 0.3) is 0 Å². The van der Waals surface area contributed by atoms with Crippen LogP contribution in [0.5, 0.6) is 11.5 Å². The summed E-state index contributed by atoms with van der Waals surface area (Å²) in [6.45, 7) is 1.10. The third-order valence-corrected chi connectivity index (χ3v) is 3.90. The molecule has 0 saturated carbocycles. The molecule has 0 saturated heterocycles. The number of carbonyl (C=O) groups excluding carboxylic acids is 1. The Labute approximate surface area is 158 Å². The third-order valence-electron chi connectivity index (χ3n) is 3.90. The highest BCUT2D eigenvalue weighted by molar-refractivity contribution is 5.92. The van der Waals surface area contributed by atoms with Crippen molar-refractivity contribution in [3.05, 3.63) is 90.2 Å². The minimum atomic E-state index is -0.255. The average molecular weight is 364 g/mol. The molecule has 3 aromatic rings. The Balaban J connectivity index is 1.48. The van der Waals surface area contributed by atoms with Crippen LogP contribution in [0.15, 0.2) is 78.9 Å². The summed E-state index contributed by atoms with van der Waals surface area (Å²) in [6.07, 6.45) is 0.320. The van der Waals surface area contributed by atoms with Gasteiger partial charge in [-0.25, -0.2) is 4.39 Å². The van der Waals surface area contributed by atoms with E-state index in [1.54, 1.807) is 12.1 Å². The number of nitrogens with one attached hydrogen (secondary N) is 2. The molecule has 2 N–H and O–H groups in total. The maximum atomic E-state index is 12.9. The zero-order valence-corrected chi connectivity index (χ0v) is 14.8. The molecule has 3 rings (SSSR count). The molecule has 0 aliphatic rings. The van der Waals surface area contributed by atoms with Crippen molar-refractivity contribution in [2.24, 2.45) is 0 Å². The molecule has 0 aromatic heterocycles. The highest BCUT2D eigenvalue weighted by Gasteiger charge is 2.08. The molecule has 138 valence electrons. The van der Waals surface area contributed by atoms with Gasteiger partial charge in [-0.3, -0.25) is 4.79 Å². The van der Waals surface area contributed by atoms with Crippen molar-refractivity contribution < 1.29 is 13.9 Å². The molecule has 0 aliphatic carbocycles. The first-order chi connectivity index (χ1) is 13.2. The Morgan fingerprint density at radius 3 is 2.37 bits per heavy atom. The molecule has 0 radical (unpaired) electrons. The van der Waals surface area contributed by atoms with Gasteiger partial charge in [0.25, 0.3) is 0 Å². The Morgan fingerprint density at radius 1 is 0.889 bits per heavy atom. The van der Waals surface area contributed by atoms with E-state index in [0.717, 1.165) is 5.56 Å². The Bertz CT molecular complexity index is 867. The predicted octanol–water partition coefficient (Wildman–Crippen LogP) is 4.74. The van der Waals surface area contributed by atoms with Gasteiger partial charge in [0.2, 0.25) is 5.91 Å². The fraction of sp³-hybridized carbons (Fsp3) is 0.136. The average Bonchev–Trinajstić information content (AvgIpc) is 2.69. The molecule has 0 fully saturated rings. The number of para-hydroxylation sites is 3. The van der Waals surface area contributed by atoms with E-state index >= 15 is 0 Å². The summed E-state index contributed by atoms with van der Waals surface area (Å²) < 4.78 is 18.7. The largest absolute Gasteiger partial charge is 0.455 e. The summed E-state index contributed by atoms with van der Waals surface area (Å²) in [5.41, 5.74) is 1.60. The lowest BCUT2D eigenvalue weighted by molar-refractivity contribution is -0.116. The highest BCUT2D eigenvalue weighted by Crippen LogP contribution is 2.29. The second-order valence-electron chi connectivity index (χ2n) is 6.01. The van der Waals surface area contributed by atoms with Gasteiger partial charge in [-0.15, -0.1) is 0 Å². The van der Waals surface area contributed by atoms with E-state index in [2.05, 4.69) is 10.6 Å². The Kier molecular flexibility index (Phi) is 6.55. The lowest BCUT2D eigenvalue weighted by atomic mass is 10.2. The van der Waals surface area contributed by atoms with Crippen molar-refractivity contribution in [2.45, 2.75) is 13.0 Å². The van der Waals surface area contributed by atoms with Crippen LogP contribution in [0, 0.1) is 5.82 Å². The first-order valence-electron chi connectivity index (χ1n) is 8.77. The topological polar surface area (TPSA) is 50.4 Å². The smallest absolute Gasteiger partial charge is 0.225 e. The van der Waals surface area contributed by atoms with Crippen molar-refractivity contribution in [1.82, 2.24) is 5.32 Å². The third kappa shape index (κ3) is 5.94. The second-order valence-corrected chi connectivity index (χ2v) is 6.01. The zero-order chi connectivity index (χ0) is 18.9. The quantitative estimate of drug-likeness (QED) is 0.568. The van der Waals surface area contributed by atoms with Crippen LogP contribution in [0.2, 0.25) is 0 Å². The molecule has 5 heteroatoms. The monoisotopic (exact) mass is 364 g/mol. The summed E-state index contributed by atoms with van der Waals surface area (Å²) in [5.74, 6) is 0.941. The van der Waals surface area contributed by atoms with Gasteiger partial charge in [-0.1, -0.05) is 42.5 Å². The van der Waals surface area contributed by atoms with Crippen LogP contribution >= 0.6 is 0 Å². The van der Waals surface area contributed by atoms with Crippen LogP contribution in [0.1, 0.15) is 12.0 Å². The Hall–Kier alpha value is -3.18. The van der Waals surface area contributed by atoms with Crippen LogP contribution in [0.3, 0.4) is 0 Å². The predicted molar refractivity (Wildman–Crippen MR) is 104 cm³/mol. The molecule has 0 bridgehead atoms. The SMILES string of the molecule is O=C(CCNCc1ccc(F)cc1)Nc1ccccc1Oc1ccccc1. The molecule has 0 spiro atoms. The number of hydrogen-bond donors (Lipinski definition) is 2. The standard InChI is InChI=1S/C22H21FN2O2/c23-18-12-10-17(11-13-18)16-24-15-14-22(26)25-20-8-4-5-9-21(20)27-19-6-2-1-3-7-19/h1-13,24H,14-16H2,(H,25,26). The molecule has 0 aliphatic heterocycles. The van der Waals surface area contributed by atoms with Gasteiger partial charge in [0, 0.05) is 19.5 Å². The van der Waals surface area contributed by atoms with Crippen LogP contribution < -0.4 is 15.4 Å². The molecule has 4 nitrogen and oxygen atoms in total. The second kappa shape index (κ2) is 9.50. The number of amides is 1. The van der Waals surface area contributed by atoms with Crippen molar-refractivity contribution in [3.8, 4) is 11.5 Å². The van der Waals surface area contributed by atoms with Crippen LogP contribution in [0.4, 0.5) is 10.1 Å². The van der Waals surface area contributed by atoms with Gasteiger partial charge in [0.15, 0.2) is 5.75 Å². The lowest BCUT2D eigenvalue weighted by Crippen LogP contribution is -2.21. The van der Waals surface area contributed by atoms with E-state index in [9.17, 15) is 9.18 Å². The summed E-state index contributed by atoms with van der Waals surface area (Å²) >= 11 is 0. The molecule has 0 unspecified atom stereocenters. The number of hydrogen-bond acceptors (Lipinski definition) is 3. The maximum Gasteiger partial charge on any atom is 0.225 e. The number of benzene rings is 3. The van der Waals surface area contributed by atoms with Crippen LogP contribution in [-0.2, 0) is 11.3 Å². The van der Waals surface area contributed by atoms with E-state index < -0.39 is 0 Å². The van der Waals surface area contributed by atoms with Crippen molar-refractivity contribution in [2.75, 3.05) is 11.9 Å². The minimum Gasteiger partial charge on any atom is -0.455 e. The van der Waals surface area contributed by atoms with Gasteiger partial charge < -0.3 is 15.4 Å². The normalized spacial score (nSPS) is 10.4. The lowest BCUT2D eigenvalue weighted by Gasteiger charge is -2.12. The van der Waals surface area contributed by atoms with Gasteiger partial charge in [-0.05, 0) is 42.0 Å². The number of anilines is 1. The van der Waals surface area contributed by atoms with Crippen LogP contribution in [-0.4, -0.2) is 12.5 Å². The summed E-state index contributed by atoms with van der Waals surface area (Å²) in [6, 6.07) is 23.0. The van der Waals surface area contributed by atoms with Gasteiger partial charge >= 0.3 is 0 Å². The molecular formula is C22H21FN2O2. The first kappa shape index (κ1) is 18.6. The van der Waals surface area contributed by atoms with E-state index in [1.807, 2.05) is 54.6 Å². The molecular weight excluding hydrogens is 343 g/mol. The Morgan fingerprint density at radius 2 is 1.59 bits per heavy atom. The summed E-state index contributed by atoms with van der Waals surface area (Å²) in [4.78, 5) is 12.2.